The molecule has 0 unspecified atom stereocenters. The predicted octanol–water partition coefficient (Wildman–Crippen LogP) is 4.42. The van der Waals surface area contributed by atoms with E-state index in [0.717, 1.165) is 16.7 Å². The number of nitrogens with zero attached hydrogens (tertiary/aromatic N) is 1. The summed E-state index contributed by atoms with van der Waals surface area (Å²) >= 11 is 0. The Morgan fingerprint density at radius 3 is 2.11 bits per heavy atom. The number of fused-ring (bicyclic) bond motifs is 3. The van der Waals surface area contributed by atoms with Crippen molar-refractivity contribution in [1.82, 2.24) is 0 Å². The van der Waals surface area contributed by atoms with Gasteiger partial charge >= 0.3 is 0 Å². The van der Waals surface area contributed by atoms with Crippen LogP contribution in [0.25, 0.3) is 11.1 Å². The summed E-state index contributed by atoms with van der Waals surface area (Å²) in [7, 11) is -3.70. The molecule has 0 aromatic heterocycles. The second-order valence-electron chi connectivity index (χ2n) is 6.59. The van der Waals surface area contributed by atoms with Gasteiger partial charge in [-0.15, -0.1) is 0 Å². The lowest BCUT2D eigenvalue weighted by molar-refractivity contribution is 0.104. The van der Waals surface area contributed by atoms with Crippen LogP contribution >= 0.6 is 0 Å². The Balaban J connectivity index is 1.79. The molecule has 0 N–H and O–H groups in total. The van der Waals surface area contributed by atoms with E-state index >= 15 is 0 Å². The van der Waals surface area contributed by atoms with Crippen LogP contribution in [0.15, 0.2) is 71.6 Å². The Bertz CT molecular complexity index is 1150. The van der Waals surface area contributed by atoms with Gasteiger partial charge in [0.05, 0.1) is 10.6 Å². The summed E-state index contributed by atoms with van der Waals surface area (Å²) in [5.41, 5.74) is 4.45. The lowest BCUT2D eigenvalue weighted by Gasteiger charge is -2.23. The van der Waals surface area contributed by atoms with Gasteiger partial charge in [0, 0.05) is 17.7 Å². The van der Waals surface area contributed by atoms with Crippen LogP contribution in [-0.2, 0) is 10.0 Å². The molecule has 0 aliphatic heterocycles. The molecule has 3 aromatic carbocycles. The molecule has 27 heavy (non-hydrogen) atoms. The molecule has 0 bridgehead atoms. The number of sulfonamides is 1. The number of carbonyl (C=O) groups is 1. The van der Waals surface area contributed by atoms with E-state index in [2.05, 4.69) is 0 Å². The third-order valence-electron chi connectivity index (χ3n) is 4.89. The number of rotatable bonds is 4. The maximum Gasteiger partial charge on any atom is 0.264 e. The standard InChI is InChI=1S/C22H19NO3S/c1-3-23(27(25,26)17-11-8-15(2)9-12-17)16-10-13-19-18-6-4-5-7-20(18)22(24)21(19)14-16/h4-14H,3H2,1-2H3. The largest absolute Gasteiger partial charge is 0.289 e. The molecule has 0 saturated heterocycles. The summed E-state index contributed by atoms with van der Waals surface area (Å²) in [6.45, 7) is 3.98. The Hall–Kier alpha value is -2.92. The fourth-order valence-electron chi connectivity index (χ4n) is 3.50. The van der Waals surface area contributed by atoms with Crippen LogP contribution in [0.2, 0.25) is 0 Å². The highest BCUT2D eigenvalue weighted by Crippen LogP contribution is 2.39. The first-order valence-corrected chi connectivity index (χ1v) is 10.2. The molecule has 0 spiro atoms. The van der Waals surface area contributed by atoms with Gasteiger partial charge in [-0.25, -0.2) is 8.42 Å². The zero-order chi connectivity index (χ0) is 19.2. The zero-order valence-electron chi connectivity index (χ0n) is 15.1. The first kappa shape index (κ1) is 17.5. The molecule has 1 aliphatic rings. The summed E-state index contributed by atoms with van der Waals surface area (Å²) in [6.07, 6.45) is 0. The molecule has 0 fully saturated rings. The van der Waals surface area contributed by atoms with E-state index in [-0.39, 0.29) is 17.2 Å². The van der Waals surface area contributed by atoms with E-state index < -0.39 is 10.0 Å². The van der Waals surface area contributed by atoms with E-state index in [0.29, 0.717) is 16.8 Å². The second kappa shape index (κ2) is 6.35. The van der Waals surface area contributed by atoms with Crippen molar-refractivity contribution in [3.05, 3.63) is 83.4 Å². The Labute approximate surface area is 159 Å². The highest BCUT2D eigenvalue weighted by Gasteiger charge is 2.29. The lowest BCUT2D eigenvalue weighted by atomic mass is 10.1. The van der Waals surface area contributed by atoms with E-state index in [1.165, 1.54) is 4.31 Å². The Morgan fingerprint density at radius 1 is 0.815 bits per heavy atom. The smallest absolute Gasteiger partial charge is 0.264 e. The van der Waals surface area contributed by atoms with Gasteiger partial charge in [-0.3, -0.25) is 9.10 Å². The quantitative estimate of drug-likeness (QED) is 0.529. The first-order valence-electron chi connectivity index (χ1n) is 8.81. The van der Waals surface area contributed by atoms with Gasteiger partial charge in [-0.1, -0.05) is 48.0 Å². The molecule has 0 heterocycles. The molecule has 0 radical (unpaired) electrons. The Morgan fingerprint density at radius 2 is 1.44 bits per heavy atom. The lowest BCUT2D eigenvalue weighted by Crippen LogP contribution is -2.30. The molecule has 3 aromatic rings. The monoisotopic (exact) mass is 377 g/mol. The zero-order valence-corrected chi connectivity index (χ0v) is 16.0. The topological polar surface area (TPSA) is 54.5 Å². The molecule has 1 aliphatic carbocycles. The number of hydrogen-bond acceptors (Lipinski definition) is 3. The van der Waals surface area contributed by atoms with Gasteiger partial charge in [0.25, 0.3) is 10.0 Å². The highest BCUT2D eigenvalue weighted by atomic mass is 32.2. The maximum atomic E-state index is 13.1. The van der Waals surface area contributed by atoms with Crippen LogP contribution < -0.4 is 4.31 Å². The van der Waals surface area contributed by atoms with Crippen LogP contribution in [-0.4, -0.2) is 20.7 Å². The molecule has 0 atom stereocenters. The molecular formula is C22H19NO3S. The van der Waals surface area contributed by atoms with E-state index in [4.69, 9.17) is 0 Å². The van der Waals surface area contributed by atoms with Crippen LogP contribution in [0, 0.1) is 6.92 Å². The van der Waals surface area contributed by atoms with Crippen molar-refractivity contribution in [3.63, 3.8) is 0 Å². The fourth-order valence-corrected chi connectivity index (χ4v) is 4.97. The van der Waals surface area contributed by atoms with Gasteiger partial charge < -0.3 is 0 Å². The molecular weight excluding hydrogens is 358 g/mol. The normalized spacial score (nSPS) is 12.6. The number of ketones is 1. The van der Waals surface area contributed by atoms with Crippen LogP contribution in [0.5, 0.6) is 0 Å². The number of anilines is 1. The minimum absolute atomic E-state index is 0.0637. The van der Waals surface area contributed by atoms with Gasteiger partial charge in [0.15, 0.2) is 5.78 Å². The van der Waals surface area contributed by atoms with Crippen molar-refractivity contribution in [1.29, 1.82) is 0 Å². The van der Waals surface area contributed by atoms with Crippen molar-refractivity contribution < 1.29 is 13.2 Å². The molecule has 5 heteroatoms. The van der Waals surface area contributed by atoms with Crippen LogP contribution in [0.3, 0.4) is 0 Å². The van der Waals surface area contributed by atoms with E-state index in [1.54, 1.807) is 49.4 Å². The fraction of sp³-hybridized carbons (Fsp3) is 0.136. The number of aryl methyl sites for hydroxylation is 1. The van der Waals surface area contributed by atoms with Gasteiger partial charge in [0.1, 0.15) is 0 Å². The van der Waals surface area contributed by atoms with Crippen molar-refractivity contribution in [2.24, 2.45) is 0 Å². The first-order chi connectivity index (χ1) is 12.9. The molecule has 136 valence electrons. The average Bonchev–Trinajstić information content (AvgIpc) is 2.95. The van der Waals surface area contributed by atoms with Crippen molar-refractivity contribution in [2.75, 3.05) is 10.8 Å². The van der Waals surface area contributed by atoms with Gasteiger partial charge in [-0.2, -0.15) is 0 Å². The summed E-state index contributed by atoms with van der Waals surface area (Å²) in [5, 5.41) is 0. The molecule has 0 saturated carbocycles. The maximum absolute atomic E-state index is 13.1. The van der Waals surface area contributed by atoms with E-state index in [1.807, 2.05) is 31.2 Å². The summed E-state index contributed by atoms with van der Waals surface area (Å²) in [4.78, 5) is 13.0. The van der Waals surface area contributed by atoms with Crippen LogP contribution in [0.4, 0.5) is 5.69 Å². The van der Waals surface area contributed by atoms with Crippen LogP contribution in [0.1, 0.15) is 28.4 Å². The Kier molecular flexibility index (Phi) is 4.12. The highest BCUT2D eigenvalue weighted by molar-refractivity contribution is 7.92. The van der Waals surface area contributed by atoms with Crippen molar-refractivity contribution >= 4 is 21.5 Å². The van der Waals surface area contributed by atoms with Crippen molar-refractivity contribution in [2.45, 2.75) is 18.7 Å². The minimum Gasteiger partial charge on any atom is -0.289 e. The molecule has 4 nitrogen and oxygen atoms in total. The number of carbonyl (C=O) groups excluding carboxylic acids is 1. The molecule has 0 amide bonds. The van der Waals surface area contributed by atoms with Crippen molar-refractivity contribution in [3.8, 4) is 11.1 Å². The van der Waals surface area contributed by atoms with E-state index in [9.17, 15) is 13.2 Å². The summed E-state index contributed by atoms with van der Waals surface area (Å²) in [5.74, 6) is -0.0637. The summed E-state index contributed by atoms with van der Waals surface area (Å²) in [6, 6.07) is 19.5. The molecule has 4 rings (SSSR count). The third kappa shape index (κ3) is 2.75. The van der Waals surface area contributed by atoms with Gasteiger partial charge in [-0.05, 0) is 49.2 Å². The average molecular weight is 377 g/mol. The number of hydrogen-bond donors (Lipinski definition) is 0. The number of benzene rings is 3. The predicted molar refractivity (Wildman–Crippen MR) is 107 cm³/mol. The van der Waals surface area contributed by atoms with Gasteiger partial charge in [0.2, 0.25) is 0 Å². The third-order valence-corrected chi connectivity index (χ3v) is 6.81. The second-order valence-corrected chi connectivity index (χ2v) is 8.45. The SMILES string of the molecule is CCN(c1ccc2c(c1)C(=O)c1ccccc1-2)S(=O)(=O)c1ccc(C)cc1. The summed E-state index contributed by atoms with van der Waals surface area (Å²) < 4.78 is 27.6. The minimum atomic E-state index is -3.70.